The second-order valence-electron chi connectivity index (χ2n) is 6.90. The highest BCUT2D eigenvalue weighted by Crippen LogP contribution is 2.53. The van der Waals surface area contributed by atoms with Crippen LogP contribution >= 0.6 is 0 Å². The second kappa shape index (κ2) is 4.51. The van der Waals surface area contributed by atoms with E-state index in [0.717, 1.165) is 11.4 Å². The summed E-state index contributed by atoms with van der Waals surface area (Å²) in [6, 6.07) is 10.2. The maximum absolute atomic E-state index is 12.2. The van der Waals surface area contributed by atoms with Gasteiger partial charge in [0, 0.05) is 11.1 Å². The third-order valence-corrected chi connectivity index (χ3v) is 5.16. The quantitative estimate of drug-likeness (QED) is 0.926. The van der Waals surface area contributed by atoms with Gasteiger partial charge in [0.05, 0.1) is 12.8 Å². The minimum Gasteiger partial charge on any atom is -0.465 e. The zero-order valence-electron chi connectivity index (χ0n) is 13.6. The number of aryl methyl sites for hydroxylation is 1. The molecule has 118 valence electrons. The monoisotopic (exact) mass is 308 g/mol. The van der Waals surface area contributed by atoms with Gasteiger partial charge < -0.3 is 14.6 Å². The van der Waals surface area contributed by atoms with Crippen LogP contribution in [0.5, 0.6) is 0 Å². The van der Waals surface area contributed by atoms with Gasteiger partial charge >= 0.3 is 0 Å². The summed E-state index contributed by atoms with van der Waals surface area (Å²) in [5.41, 5.74) is 2.82. The van der Waals surface area contributed by atoms with Crippen LogP contribution in [0.15, 0.2) is 47.1 Å². The molecule has 4 nitrogen and oxygen atoms in total. The molecule has 2 aliphatic rings. The zero-order chi connectivity index (χ0) is 16.2. The van der Waals surface area contributed by atoms with E-state index in [1.165, 1.54) is 11.1 Å². The molecular formula is C19H20N2O2. The average Bonchev–Trinajstić information content (AvgIpc) is 3.16. The number of fused-ring (bicyclic) bond motifs is 3. The van der Waals surface area contributed by atoms with Crippen molar-refractivity contribution in [3.63, 3.8) is 0 Å². The maximum Gasteiger partial charge on any atom is 0.241 e. The molecule has 1 aromatic heterocycles. The van der Waals surface area contributed by atoms with Gasteiger partial charge in [-0.1, -0.05) is 31.5 Å². The highest BCUT2D eigenvalue weighted by Gasteiger charge is 2.59. The molecule has 0 aliphatic carbocycles. The first-order valence-corrected chi connectivity index (χ1v) is 7.87. The number of hydrogen-bond acceptors (Lipinski definition) is 3. The molecule has 1 saturated heterocycles. The number of anilines is 1. The number of rotatable bonds is 2. The predicted octanol–water partition coefficient (Wildman–Crippen LogP) is 3.23. The van der Waals surface area contributed by atoms with E-state index in [4.69, 9.17) is 4.42 Å². The first-order chi connectivity index (χ1) is 10.9. The van der Waals surface area contributed by atoms with E-state index < -0.39 is 5.66 Å². The van der Waals surface area contributed by atoms with Crippen LogP contribution in [-0.4, -0.2) is 18.1 Å². The Hall–Kier alpha value is -2.49. The molecule has 1 atom stereocenters. The molecule has 4 rings (SSSR count). The summed E-state index contributed by atoms with van der Waals surface area (Å²) >= 11 is 0. The Morgan fingerprint density at radius 3 is 2.87 bits per heavy atom. The number of furan rings is 1. The molecular weight excluding hydrogens is 288 g/mol. The van der Waals surface area contributed by atoms with Gasteiger partial charge in [0.15, 0.2) is 0 Å². The number of nitrogens with one attached hydrogen (secondary N) is 1. The molecule has 2 aromatic rings. The van der Waals surface area contributed by atoms with Gasteiger partial charge in [0.2, 0.25) is 5.91 Å². The molecule has 0 radical (unpaired) electrons. The van der Waals surface area contributed by atoms with Crippen LogP contribution in [0.1, 0.15) is 30.7 Å². The van der Waals surface area contributed by atoms with Crippen molar-refractivity contribution < 1.29 is 9.21 Å². The highest BCUT2D eigenvalue weighted by molar-refractivity contribution is 5.91. The van der Waals surface area contributed by atoms with Crippen molar-refractivity contribution in [1.29, 1.82) is 0 Å². The fourth-order valence-electron chi connectivity index (χ4n) is 3.88. The minimum absolute atomic E-state index is 0.0494. The van der Waals surface area contributed by atoms with E-state index in [2.05, 4.69) is 55.3 Å². The number of amides is 1. The smallest absolute Gasteiger partial charge is 0.241 e. The summed E-state index contributed by atoms with van der Waals surface area (Å²) in [5, 5.41) is 3.21. The molecule has 0 saturated carbocycles. The van der Waals surface area contributed by atoms with Gasteiger partial charge in [-0.2, -0.15) is 0 Å². The Kier molecular flexibility index (Phi) is 2.77. The fourth-order valence-corrected chi connectivity index (χ4v) is 3.88. The molecule has 1 fully saturated rings. The maximum atomic E-state index is 12.2. The van der Waals surface area contributed by atoms with Crippen molar-refractivity contribution in [2.45, 2.75) is 31.8 Å². The van der Waals surface area contributed by atoms with E-state index in [1.54, 1.807) is 6.26 Å². The minimum atomic E-state index is -0.562. The van der Waals surface area contributed by atoms with Gasteiger partial charge in [0.25, 0.3) is 0 Å². The number of hydrogen-bond donors (Lipinski definition) is 1. The van der Waals surface area contributed by atoms with Crippen LogP contribution in [-0.2, 0) is 10.2 Å². The van der Waals surface area contributed by atoms with E-state index in [1.807, 2.05) is 18.2 Å². The van der Waals surface area contributed by atoms with E-state index in [-0.39, 0.29) is 11.3 Å². The Morgan fingerprint density at radius 1 is 1.30 bits per heavy atom. The lowest BCUT2D eigenvalue weighted by Gasteiger charge is -2.40. The van der Waals surface area contributed by atoms with Crippen LogP contribution in [0.2, 0.25) is 0 Å². The van der Waals surface area contributed by atoms with Gasteiger partial charge in [-0.25, -0.2) is 0 Å². The Labute approximate surface area is 135 Å². The van der Waals surface area contributed by atoms with Crippen molar-refractivity contribution in [3.8, 4) is 0 Å². The largest absolute Gasteiger partial charge is 0.465 e. The summed E-state index contributed by atoms with van der Waals surface area (Å²) < 4.78 is 5.41. The zero-order valence-corrected chi connectivity index (χ0v) is 13.6. The molecule has 1 aromatic carbocycles. The number of carbonyl (C=O) groups excluding carboxylic acids is 1. The van der Waals surface area contributed by atoms with E-state index in [0.29, 0.717) is 6.54 Å². The highest BCUT2D eigenvalue weighted by atomic mass is 16.3. The predicted molar refractivity (Wildman–Crippen MR) is 90.2 cm³/mol. The molecule has 1 amide bonds. The molecule has 2 aliphatic heterocycles. The summed E-state index contributed by atoms with van der Waals surface area (Å²) in [4.78, 5) is 14.3. The summed E-state index contributed by atoms with van der Waals surface area (Å²) in [6.45, 7) is 6.85. The van der Waals surface area contributed by atoms with E-state index in [9.17, 15) is 4.79 Å². The first kappa shape index (κ1) is 14.1. The van der Waals surface area contributed by atoms with Crippen molar-refractivity contribution in [2.75, 3.05) is 11.4 Å². The average molecular weight is 308 g/mol. The summed E-state index contributed by atoms with van der Waals surface area (Å²) in [6.07, 6.45) is 5.66. The number of benzene rings is 1. The standard InChI is InChI=1S/C19H20N2O2/c1-13-6-7-16-15(11-13)18(2,3)19(20-17(22)12-21(16)19)9-8-14-5-4-10-23-14/h4-11H,12H2,1-3H3,(H,20,22). The van der Waals surface area contributed by atoms with Crippen LogP contribution in [0, 0.1) is 6.92 Å². The molecule has 0 bridgehead atoms. The molecule has 0 spiro atoms. The normalized spacial score (nSPS) is 24.8. The van der Waals surface area contributed by atoms with Gasteiger partial charge in [-0.3, -0.25) is 4.79 Å². The Morgan fingerprint density at radius 2 is 2.13 bits per heavy atom. The van der Waals surface area contributed by atoms with Gasteiger partial charge in [-0.05, 0) is 42.8 Å². The molecule has 1 N–H and O–H groups in total. The Balaban J connectivity index is 1.88. The summed E-state index contributed by atoms with van der Waals surface area (Å²) in [5.74, 6) is 0.830. The van der Waals surface area contributed by atoms with Crippen molar-refractivity contribution in [1.82, 2.24) is 5.32 Å². The Bertz CT molecular complexity index is 805. The van der Waals surface area contributed by atoms with Crippen molar-refractivity contribution in [2.24, 2.45) is 0 Å². The van der Waals surface area contributed by atoms with Gasteiger partial charge in [-0.15, -0.1) is 0 Å². The van der Waals surface area contributed by atoms with Crippen LogP contribution in [0.4, 0.5) is 5.69 Å². The van der Waals surface area contributed by atoms with Crippen molar-refractivity contribution in [3.05, 3.63) is 59.6 Å². The number of nitrogens with zero attached hydrogens (tertiary/aromatic N) is 1. The van der Waals surface area contributed by atoms with Crippen LogP contribution in [0.3, 0.4) is 0 Å². The molecule has 1 unspecified atom stereocenters. The fraction of sp³-hybridized carbons (Fsp3) is 0.316. The van der Waals surface area contributed by atoms with Crippen LogP contribution < -0.4 is 10.2 Å². The number of carbonyl (C=O) groups is 1. The molecule has 3 heterocycles. The lowest BCUT2D eigenvalue weighted by atomic mass is 9.75. The molecule has 23 heavy (non-hydrogen) atoms. The third kappa shape index (κ3) is 1.81. The van der Waals surface area contributed by atoms with E-state index >= 15 is 0 Å². The summed E-state index contributed by atoms with van der Waals surface area (Å²) in [7, 11) is 0. The van der Waals surface area contributed by atoms with Crippen molar-refractivity contribution >= 4 is 17.7 Å². The third-order valence-electron chi connectivity index (χ3n) is 5.16. The second-order valence-corrected chi connectivity index (χ2v) is 6.90. The lowest BCUT2D eigenvalue weighted by Crippen LogP contribution is -2.58. The SMILES string of the molecule is Cc1ccc2c(c1)C(C)(C)C1(C=Cc3ccco3)NC(=O)CN21. The molecule has 4 heteroatoms. The van der Waals surface area contributed by atoms with Crippen LogP contribution in [0.25, 0.3) is 6.08 Å². The first-order valence-electron chi connectivity index (χ1n) is 7.87. The topological polar surface area (TPSA) is 45.5 Å². The van der Waals surface area contributed by atoms with Gasteiger partial charge in [0.1, 0.15) is 11.4 Å². The lowest BCUT2D eigenvalue weighted by molar-refractivity contribution is -0.118.